The number of ether oxygens (including phenoxy) is 2. The number of hydrogen-bond donors (Lipinski definition) is 1. The molecule has 19 heavy (non-hydrogen) atoms. The molecule has 104 valence electrons. The van der Waals surface area contributed by atoms with Gasteiger partial charge in [0.25, 0.3) is 0 Å². The van der Waals surface area contributed by atoms with Crippen LogP contribution in [0.4, 0.5) is 0 Å². The van der Waals surface area contributed by atoms with E-state index >= 15 is 0 Å². The summed E-state index contributed by atoms with van der Waals surface area (Å²) in [5.41, 5.74) is 7.95. The third-order valence-electron chi connectivity index (χ3n) is 3.53. The van der Waals surface area contributed by atoms with Gasteiger partial charge in [0.2, 0.25) is 0 Å². The fourth-order valence-corrected chi connectivity index (χ4v) is 2.37. The van der Waals surface area contributed by atoms with Crippen LogP contribution in [0.5, 0.6) is 0 Å². The highest BCUT2D eigenvalue weighted by atomic mass is 16.5. The van der Waals surface area contributed by atoms with Crippen molar-refractivity contribution in [3.05, 3.63) is 35.4 Å². The highest BCUT2D eigenvalue weighted by Crippen LogP contribution is 2.27. The number of benzene rings is 1. The van der Waals surface area contributed by atoms with E-state index in [0.29, 0.717) is 12.5 Å². The van der Waals surface area contributed by atoms with E-state index in [1.54, 1.807) is 6.92 Å². The quantitative estimate of drug-likeness (QED) is 0.845. The van der Waals surface area contributed by atoms with Gasteiger partial charge in [0, 0.05) is 13.2 Å². The molecule has 4 heteroatoms. The Labute approximate surface area is 113 Å². The zero-order valence-corrected chi connectivity index (χ0v) is 11.3. The predicted octanol–water partition coefficient (Wildman–Crippen LogP) is 2.14. The Balaban J connectivity index is 2.03. The zero-order chi connectivity index (χ0) is 13.7. The van der Waals surface area contributed by atoms with Crippen molar-refractivity contribution in [1.82, 2.24) is 0 Å². The molecule has 1 heterocycles. The molecule has 0 radical (unpaired) electrons. The van der Waals surface area contributed by atoms with Gasteiger partial charge in [-0.15, -0.1) is 0 Å². The number of rotatable bonds is 4. The molecule has 1 aliphatic heterocycles. The second-order valence-corrected chi connectivity index (χ2v) is 4.78. The van der Waals surface area contributed by atoms with Crippen molar-refractivity contribution < 1.29 is 14.3 Å². The maximum atomic E-state index is 11.6. The third kappa shape index (κ3) is 3.55. The molecule has 0 amide bonds. The minimum atomic E-state index is -0.691. The Bertz CT molecular complexity index is 410. The van der Waals surface area contributed by atoms with Gasteiger partial charge in [-0.3, -0.25) is 0 Å². The lowest BCUT2D eigenvalue weighted by Gasteiger charge is -2.22. The van der Waals surface area contributed by atoms with Gasteiger partial charge in [-0.25, -0.2) is 4.79 Å². The van der Waals surface area contributed by atoms with E-state index in [1.165, 1.54) is 5.56 Å². The van der Waals surface area contributed by atoms with Crippen LogP contribution in [0.2, 0.25) is 0 Å². The van der Waals surface area contributed by atoms with E-state index in [-0.39, 0.29) is 5.97 Å². The molecular weight excluding hydrogens is 242 g/mol. The molecule has 1 saturated heterocycles. The first kappa shape index (κ1) is 14.0. The Morgan fingerprint density at radius 2 is 2.00 bits per heavy atom. The summed E-state index contributed by atoms with van der Waals surface area (Å²) in [5.74, 6) is 0.183. The van der Waals surface area contributed by atoms with Crippen LogP contribution in [0.25, 0.3) is 0 Å². The molecule has 1 aromatic carbocycles. The van der Waals surface area contributed by atoms with Crippen molar-refractivity contribution in [2.75, 3.05) is 19.8 Å². The first-order chi connectivity index (χ1) is 9.22. The Kier molecular flexibility index (Phi) is 4.93. The molecule has 0 spiro atoms. The van der Waals surface area contributed by atoms with E-state index in [1.807, 2.05) is 12.1 Å². The maximum absolute atomic E-state index is 11.6. The summed E-state index contributed by atoms with van der Waals surface area (Å²) in [6.45, 7) is 3.79. The molecule has 1 unspecified atom stereocenters. The number of hydrogen-bond acceptors (Lipinski definition) is 4. The normalized spacial score (nSPS) is 18.0. The monoisotopic (exact) mass is 263 g/mol. The van der Waals surface area contributed by atoms with Crippen LogP contribution >= 0.6 is 0 Å². The predicted molar refractivity (Wildman–Crippen MR) is 72.8 cm³/mol. The van der Waals surface area contributed by atoms with Crippen LogP contribution in [0.1, 0.15) is 42.9 Å². The summed E-state index contributed by atoms with van der Waals surface area (Å²) in [7, 11) is 0. The summed E-state index contributed by atoms with van der Waals surface area (Å²) < 4.78 is 10.3. The average Bonchev–Trinajstić information content (AvgIpc) is 2.48. The van der Waals surface area contributed by atoms with Crippen LogP contribution in [0, 0.1) is 0 Å². The molecule has 4 nitrogen and oxygen atoms in total. The third-order valence-corrected chi connectivity index (χ3v) is 3.53. The molecule has 1 aliphatic rings. The fraction of sp³-hybridized carbons (Fsp3) is 0.533. The number of carbonyl (C=O) groups is 1. The SMILES string of the molecule is CCOC(=O)C(N)c1ccc(C2CCOCC2)cc1. The van der Waals surface area contributed by atoms with Gasteiger partial charge in [0.15, 0.2) is 0 Å². The second kappa shape index (κ2) is 6.68. The first-order valence-corrected chi connectivity index (χ1v) is 6.82. The number of esters is 1. The van der Waals surface area contributed by atoms with Crippen LogP contribution in [0.15, 0.2) is 24.3 Å². The lowest BCUT2D eigenvalue weighted by molar-refractivity contribution is -0.144. The van der Waals surface area contributed by atoms with E-state index in [9.17, 15) is 4.79 Å². The second-order valence-electron chi connectivity index (χ2n) is 4.78. The molecule has 2 N–H and O–H groups in total. The Morgan fingerprint density at radius 1 is 1.37 bits per heavy atom. The lowest BCUT2D eigenvalue weighted by Crippen LogP contribution is -2.23. The van der Waals surface area contributed by atoms with Gasteiger partial charge in [-0.2, -0.15) is 0 Å². The summed E-state index contributed by atoms with van der Waals surface area (Å²) in [6.07, 6.45) is 2.12. The van der Waals surface area contributed by atoms with Gasteiger partial charge in [0.05, 0.1) is 6.61 Å². The minimum Gasteiger partial charge on any atom is -0.465 e. The van der Waals surface area contributed by atoms with E-state index in [4.69, 9.17) is 15.2 Å². The maximum Gasteiger partial charge on any atom is 0.327 e. The van der Waals surface area contributed by atoms with Gasteiger partial charge < -0.3 is 15.2 Å². The molecule has 1 fully saturated rings. The Morgan fingerprint density at radius 3 is 2.58 bits per heavy atom. The van der Waals surface area contributed by atoms with Crippen molar-refractivity contribution in [2.24, 2.45) is 5.73 Å². The van der Waals surface area contributed by atoms with Crippen LogP contribution in [-0.4, -0.2) is 25.8 Å². The van der Waals surface area contributed by atoms with Crippen molar-refractivity contribution in [2.45, 2.75) is 31.7 Å². The molecule has 1 atom stereocenters. The fourth-order valence-electron chi connectivity index (χ4n) is 2.37. The van der Waals surface area contributed by atoms with Crippen LogP contribution in [0.3, 0.4) is 0 Å². The Hall–Kier alpha value is -1.39. The summed E-state index contributed by atoms with van der Waals surface area (Å²) in [4.78, 5) is 11.6. The van der Waals surface area contributed by atoms with Crippen LogP contribution < -0.4 is 5.73 Å². The summed E-state index contributed by atoms with van der Waals surface area (Å²) in [6, 6.07) is 7.27. The van der Waals surface area contributed by atoms with Crippen molar-refractivity contribution in [3.63, 3.8) is 0 Å². The smallest absolute Gasteiger partial charge is 0.327 e. The van der Waals surface area contributed by atoms with Gasteiger partial charge in [0.1, 0.15) is 6.04 Å². The molecule has 0 aromatic heterocycles. The zero-order valence-electron chi connectivity index (χ0n) is 11.3. The van der Waals surface area contributed by atoms with Crippen molar-refractivity contribution in [3.8, 4) is 0 Å². The molecule has 0 bridgehead atoms. The summed E-state index contributed by atoms with van der Waals surface area (Å²) in [5, 5.41) is 0. The van der Waals surface area contributed by atoms with E-state index in [0.717, 1.165) is 31.6 Å². The summed E-state index contributed by atoms with van der Waals surface area (Å²) >= 11 is 0. The molecule has 2 rings (SSSR count). The number of carbonyl (C=O) groups excluding carboxylic acids is 1. The largest absolute Gasteiger partial charge is 0.465 e. The average molecular weight is 263 g/mol. The van der Waals surface area contributed by atoms with Gasteiger partial charge in [-0.05, 0) is 36.8 Å². The van der Waals surface area contributed by atoms with Crippen LogP contribution in [-0.2, 0) is 14.3 Å². The minimum absolute atomic E-state index is 0.354. The van der Waals surface area contributed by atoms with Crippen molar-refractivity contribution >= 4 is 5.97 Å². The molecule has 0 saturated carbocycles. The first-order valence-electron chi connectivity index (χ1n) is 6.82. The van der Waals surface area contributed by atoms with E-state index in [2.05, 4.69) is 12.1 Å². The lowest BCUT2D eigenvalue weighted by atomic mass is 9.90. The topological polar surface area (TPSA) is 61.5 Å². The standard InChI is InChI=1S/C15H21NO3/c1-2-19-15(17)14(16)13-5-3-11(4-6-13)12-7-9-18-10-8-12/h3-6,12,14H,2,7-10,16H2,1H3. The van der Waals surface area contributed by atoms with Gasteiger partial charge in [-0.1, -0.05) is 24.3 Å². The van der Waals surface area contributed by atoms with Crippen molar-refractivity contribution in [1.29, 1.82) is 0 Å². The molecule has 1 aromatic rings. The molecular formula is C15H21NO3. The highest BCUT2D eigenvalue weighted by Gasteiger charge is 2.19. The van der Waals surface area contributed by atoms with E-state index < -0.39 is 6.04 Å². The van der Waals surface area contributed by atoms with Gasteiger partial charge >= 0.3 is 5.97 Å². The number of nitrogens with two attached hydrogens (primary N) is 1. The highest BCUT2D eigenvalue weighted by molar-refractivity contribution is 5.77. The molecule has 0 aliphatic carbocycles.